The van der Waals surface area contributed by atoms with E-state index in [1.54, 1.807) is 11.0 Å². The van der Waals surface area contributed by atoms with Crippen molar-refractivity contribution in [1.29, 1.82) is 0 Å². The second-order valence-electron chi connectivity index (χ2n) is 9.39. The molecule has 0 spiro atoms. The molecule has 0 radical (unpaired) electrons. The fraction of sp³-hybridized carbons (Fsp3) is 0.333. The number of carbonyl (C=O) groups excluding carboxylic acids is 2. The van der Waals surface area contributed by atoms with Crippen LogP contribution in [0, 0.1) is 5.92 Å². The molecular formula is C27H29Cl2N3O5S2. The number of hydrogen-bond donors (Lipinski definition) is 2. The quantitative estimate of drug-likeness (QED) is 0.194. The van der Waals surface area contributed by atoms with Crippen molar-refractivity contribution in [1.82, 2.24) is 14.8 Å². The summed E-state index contributed by atoms with van der Waals surface area (Å²) < 4.78 is 32.3. The molecule has 39 heavy (non-hydrogen) atoms. The zero-order valence-electron chi connectivity index (χ0n) is 21.3. The minimum Gasteiger partial charge on any atom is -0.356 e. The van der Waals surface area contributed by atoms with E-state index in [-0.39, 0.29) is 30.7 Å². The highest BCUT2D eigenvalue weighted by molar-refractivity contribution is 7.99. The number of benzene rings is 2. The average molecular weight is 611 g/mol. The third kappa shape index (κ3) is 7.79. The predicted molar refractivity (Wildman–Crippen MR) is 156 cm³/mol. The van der Waals surface area contributed by atoms with Gasteiger partial charge in [0.05, 0.1) is 15.8 Å². The van der Waals surface area contributed by atoms with Crippen LogP contribution in [0.3, 0.4) is 0 Å². The van der Waals surface area contributed by atoms with Gasteiger partial charge in [0.1, 0.15) is 0 Å². The van der Waals surface area contributed by atoms with Crippen LogP contribution in [0.2, 0.25) is 10.0 Å². The molecule has 2 N–H and O–H groups in total. The second kappa shape index (κ2) is 12.8. The van der Waals surface area contributed by atoms with E-state index in [0.29, 0.717) is 41.5 Å². The normalized spacial score (nSPS) is 14.8. The van der Waals surface area contributed by atoms with Gasteiger partial charge in [-0.15, -0.1) is 0 Å². The van der Waals surface area contributed by atoms with Crippen molar-refractivity contribution in [3.63, 3.8) is 0 Å². The molecule has 1 aliphatic rings. The number of hydrogen-bond acceptors (Lipinski definition) is 5. The summed E-state index contributed by atoms with van der Waals surface area (Å²) in [5.41, 5.74) is 1.78. The molecule has 0 saturated carbocycles. The van der Waals surface area contributed by atoms with Crippen LogP contribution >= 0.6 is 35.0 Å². The second-order valence-corrected chi connectivity index (χ2v) is 12.8. The Hall–Kier alpha value is -2.50. The highest BCUT2D eigenvalue weighted by atomic mass is 35.5. The van der Waals surface area contributed by atoms with E-state index >= 15 is 0 Å². The molecule has 0 unspecified atom stereocenters. The maximum Gasteiger partial charge on any atom is 0.264 e. The number of halogens is 2. The number of aryl methyl sites for hydroxylation is 1. The molecule has 8 nitrogen and oxygen atoms in total. The van der Waals surface area contributed by atoms with Crippen molar-refractivity contribution in [3.8, 4) is 0 Å². The SMILES string of the molecule is Cn1ccc2cc(Sc3ccc(C=CC(=O)N4CCC(C(=O)NCCCS(=O)(=O)O)CC4)c(Cl)c3Cl)ccc21. The molecular weight excluding hydrogens is 581 g/mol. The van der Waals surface area contributed by atoms with Crippen LogP contribution in [0.1, 0.15) is 24.8 Å². The van der Waals surface area contributed by atoms with E-state index in [9.17, 15) is 18.0 Å². The lowest BCUT2D eigenvalue weighted by atomic mass is 9.96. The van der Waals surface area contributed by atoms with E-state index in [2.05, 4.69) is 28.1 Å². The summed E-state index contributed by atoms with van der Waals surface area (Å²) in [6, 6.07) is 12.0. The van der Waals surface area contributed by atoms with Gasteiger partial charge in [0.25, 0.3) is 10.1 Å². The molecule has 2 amide bonds. The Kier molecular flexibility index (Phi) is 9.66. The Morgan fingerprint density at radius 2 is 1.87 bits per heavy atom. The molecule has 1 aromatic heterocycles. The van der Waals surface area contributed by atoms with Gasteiger partial charge in [-0.3, -0.25) is 14.1 Å². The van der Waals surface area contributed by atoms with Crippen molar-refractivity contribution in [2.45, 2.75) is 29.1 Å². The predicted octanol–water partition coefficient (Wildman–Crippen LogP) is 5.28. The number of rotatable bonds is 9. The van der Waals surface area contributed by atoms with E-state index in [1.807, 2.05) is 31.4 Å². The van der Waals surface area contributed by atoms with Crippen molar-refractivity contribution in [2.75, 3.05) is 25.4 Å². The number of amides is 2. The Morgan fingerprint density at radius 1 is 1.13 bits per heavy atom. The number of carbonyl (C=O) groups is 2. The maximum atomic E-state index is 12.7. The van der Waals surface area contributed by atoms with E-state index in [1.165, 1.54) is 17.8 Å². The summed E-state index contributed by atoms with van der Waals surface area (Å²) in [5.74, 6) is -0.988. The molecule has 0 atom stereocenters. The number of likely N-dealkylation sites (tertiary alicyclic amines) is 1. The molecule has 1 aliphatic heterocycles. The van der Waals surface area contributed by atoms with Gasteiger partial charge in [0.2, 0.25) is 11.8 Å². The fourth-order valence-corrected chi connectivity index (χ4v) is 6.43. The maximum absolute atomic E-state index is 12.7. The Bertz CT molecular complexity index is 1510. The molecule has 1 fully saturated rings. The molecule has 0 aliphatic carbocycles. The molecule has 208 valence electrons. The number of nitrogens with zero attached hydrogens (tertiary/aromatic N) is 2. The van der Waals surface area contributed by atoms with Crippen LogP contribution in [-0.4, -0.2) is 59.6 Å². The first-order valence-corrected chi connectivity index (χ1v) is 15.6. The third-order valence-corrected chi connectivity index (χ3v) is 9.49. The lowest BCUT2D eigenvalue weighted by Gasteiger charge is -2.30. The van der Waals surface area contributed by atoms with Crippen molar-refractivity contribution >= 4 is 73.9 Å². The van der Waals surface area contributed by atoms with Gasteiger partial charge in [-0.2, -0.15) is 8.42 Å². The van der Waals surface area contributed by atoms with Gasteiger partial charge >= 0.3 is 0 Å². The fourth-order valence-electron chi connectivity index (χ4n) is 4.44. The van der Waals surface area contributed by atoms with Gasteiger partial charge in [-0.1, -0.05) is 41.0 Å². The summed E-state index contributed by atoms with van der Waals surface area (Å²) in [7, 11) is -2.03. The molecule has 12 heteroatoms. The zero-order valence-corrected chi connectivity index (χ0v) is 24.4. The average Bonchev–Trinajstić information content (AvgIpc) is 3.28. The first-order chi connectivity index (χ1) is 18.5. The van der Waals surface area contributed by atoms with Crippen LogP contribution < -0.4 is 5.32 Å². The minimum absolute atomic E-state index is 0.141. The summed E-state index contributed by atoms with van der Waals surface area (Å²) in [5, 5.41) is 4.63. The van der Waals surface area contributed by atoms with E-state index in [4.69, 9.17) is 27.8 Å². The highest BCUT2D eigenvalue weighted by Gasteiger charge is 2.26. The van der Waals surface area contributed by atoms with Gasteiger partial charge in [-0.05, 0) is 61.2 Å². The lowest BCUT2D eigenvalue weighted by Crippen LogP contribution is -2.42. The van der Waals surface area contributed by atoms with Crippen LogP contribution in [0.25, 0.3) is 17.0 Å². The number of fused-ring (bicyclic) bond motifs is 1. The smallest absolute Gasteiger partial charge is 0.264 e. The number of piperidine rings is 1. The van der Waals surface area contributed by atoms with Crippen molar-refractivity contribution in [2.24, 2.45) is 13.0 Å². The monoisotopic (exact) mass is 609 g/mol. The molecule has 4 rings (SSSR count). The summed E-state index contributed by atoms with van der Waals surface area (Å²) in [6.45, 7) is 1.04. The first kappa shape index (κ1) is 29.5. The van der Waals surface area contributed by atoms with Crippen LogP contribution in [0.5, 0.6) is 0 Å². The highest BCUT2D eigenvalue weighted by Crippen LogP contribution is 2.40. The third-order valence-electron chi connectivity index (χ3n) is 6.62. The van der Waals surface area contributed by atoms with Gasteiger partial charge < -0.3 is 14.8 Å². The van der Waals surface area contributed by atoms with Crippen molar-refractivity contribution in [3.05, 3.63) is 64.3 Å². The Balaban J connectivity index is 1.30. The molecule has 1 saturated heterocycles. The van der Waals surface area contributed by atoms with Crippen LogP contribution in [0.4, 0.5) is 0 Å². The Morgan fingerprint density at radius 3 is 2.59 bits per heavy atom. The first-order valence-electron chi connectivity index (χ1n) is 12.4. The molecule has 2 aromatic carbocycles. The van der Waals surface area contributed by atoms with Crippen LogP contribution in [-0.2, 0) is 26.8 Å². The largest absolute Gasteiger partial charge is 0.356 e. The molecule has 0 bridgehead atoms. The molecule has 2 heterocycles. The van der Waals surface area contributed by atoms with Gasteiger partial charge in [-0.25, -0.2) is 0 Å². The summed E-state index contributed by atoms with van der Waals surface area (Å²) >= 11 is 14.7. The van der Waals surface area contributed by atoms with E-state index in [0.717, 1.165) is 20.7 Å². The number of aromatic nitrogens is 1. The Labute approximate surface area is 242 Å². The zero-order chi connectivity index (χ0) is 28.2. The summed E-state index contributed by atoms with van der Waals surface area (Å²) in [4.78, 5) is 28.6. The lowest BCUT2D eigenvalue weighted by molar-refractivity contribution is -0.132. The number of nitrogens with one attached hydrogen (secondary N) is 1. The van der Waals surface area contributed by atoms with E-state index < -0.39 is 15.9 Å². The summed E-state index contributed by atoms with van der Waals surface area (Å²) in [6.07, 6.45) is 6.29. The minimum atomic E-state index is -4.04. The van der Waals surface area contributed by atoms with Gasteiger partial charge in [0.15, 0.2) is 0 Å². The van der Waals surface area contributed by atoms with Crippen LogP contribution in [0.15, 0.2) is 58.5 Å². The van der Waals surface area contributed by atoms with Gasteiger partial charge in [0, 0.05) is 65.6 Å². The van der Waals surface area contributed by atoms with Crippen molar-refractivity contribution < 1.29 is 22.6 Å². The molecule has 3 aromatic rings. The topological polar surface area (TPSA) is 109 Å². The standard InChI is InChI=1S/C27H29Cl2N3O5S2/c1-31-13-9-20-17-21(5-6-22(20)31)38-23-7-3-18(25(28)26(23)29)4-8-24(33)32-14-10-19(11-15-32)27(34)30-12-2-16-39(35,36)37/h3-9,13,17,19H,2,10-12,14-16H2,1H3,(H,30,34)(H,35,36,37).